The number of ketones is 2. The number of benzene rings is 1. The Balaban J connectivity index is 2.12. The van der Waals surface area contributed by atoms with E-state index in [1.165, 1.54) is 0 Å². The molecule has 0 spiro atoms. The summed E-state index contributed by atoms with van der Waals surface area (Å²) in [6.45, 7) is 3.86. The molecule has 0 fully saturated rings. The van der Waals surface area contributed by atoms with E-state index in [-0.39, 0.29) is 17.5 Å². The van der Waals surface area contributed by atoms with Crippen LogP contribution in [0.5, 0.6) is 0 Å². The van der Waals surface area contributed by atoms with Gasteiger partial charge in [-0.1, -0.05) is 26.0 Å². The van der Waals surface area contributed by atoms with Crippen LogP contribution in [-0.2, 0) is 17.6 Å². The summed E-state index contributed by atoms with van der Waals surface area (Å²) in [7, 11) is 0. The zero-order valence-electron chi connectivity index (χ0n) is 10.5. The van der Waals surface area contributed by atoms with Crippen molar-refractivity contribution in [2.75, 3.05) is 0 Å². The standard InChI is InChI=1S/C15H18O2/c1-3-13(16)7-5-11-4-6-12-8-10(2)15(17)14(12)9-11/h4,6,9-10H,3,5,7-8H2,1-2H3. The van der Waals surface area contributed by atoms with Crippen molar-refractivity contribution in [2.24, 2.45) is 5.92 Å². The Morgan fingerprint density at radius 1 is 1.41 bits per heavy atom. The van der Waals surface area contributed by atoms with Crippen molar-refractivity contribution in [3.8, 4) is 0 Å². The third kappa shape index (κ3) is 2.46. The van der Waals surface area contributed by atoms with E-state index in [1.807, 2.05) is 32.0 Å². The summed E-state index contributed by atoms with van der Waals surface area (Å²) in [4.78, 5) is 23.1. The average molecular weight is 230 g/mol. The second-order valence-corrected chi connectivity index (χ2v) is 4.85. The lowest BCUT2D eigenvalue weighted by Crippen LogP contribution is -2.03. The second kappa shape index (κ2) is 4.82. The van der Waals surface area contributed by atoms with Gasteiger partial charge in [0, 0.05) is 24.3 Å². The molecule has 0 bridgehead atoms. The lowest BCUT2D eigenvalue weighted by molar-refractivity contribution is -0.118. The van der Waals surface area contributed by atoms with Gasteiger partial charge in [-0.25, -0.2) is 0 Å². The Morgan fingerprint density at radius 2 is 2.18 bits per heavy atom. The fourth-order valence-corrected chi connectivity index (χ4v) is 2.34. The van der Waals surface area contributed by atoms with E-state index < -0.39 is 0 Å². The summed E-state index contributed by atoms with van der Waals surface area (Å²) in [6.07, 6.45) is 2.80. The number of aryl methyl sites for hydroxylation is 1. The SMILES string of the molecule is CCC(=O)CCc1ccc2c(c1)C(=O)C(C)C2. The molecule has 0 saturated carbocycles. The molecule has 17 heavy (non-hydrogen) atoms. The average Bonchev–Trinajstić information content (AvgIpc) is 2.62. The maximum Gasteiger partial charge on any atom is 0.166 e. The number of hydrogen-bond acceptors (Lipinski definition) is 2. The van der Waals surface area contributed by atoms with Crippen molar-refractivity contribution in [1.29, 1.82) is 0 Å². The van der Waals surface area contributed by atoms with Crippen molar-refractivity contribution in [3.63, 3.8) is 0 Å². The predicted molar refractivity (Wildman–Crippen MR) is 67.3 cm³/mol. The van der Waals surface area contributed by atoms with Crippen molar-refractivity contribution < 1.29 is 9.59 Å². The molecule has 1 aliphatic rings. The number of hydrogen-bond donors (Lipinski definition) is 0. The molecule has 0 saturated heterocycles. The summed E-state index contributed by atoms with van der Waals surface area (Å²) < 4.78 is 0. The van der Waals surface area contributed by atoms with E-state index in [9.17, 15) is 9.59 Å². The van der Waals surface area contributed by atoms with E-state index in [4.69, 9.17) is 0 Å². The molecule has 2 nitrogen and oxygen atoms in total. The number of Topliss-reactive ketones (excluding diaryl/α,β-unsaturated/α-hetero) is 2. The van der Waals surface area contributed by atoms with Crippen LogP contribution in [0.25, 0.3) is 0 Å². The van der Waals surface area contributed by atoms with E-state index in [2.05, 4.69) is 0 Å². The number of rotatable bonds is 4. The molecule has 0 N–H and O–H groups in total. The summed E-state index contributed by atoms with van der Waals surface area (Å²) in [5, 5.41) is 0. The monoisotopic (exact) mass is 230 g/mol. The van der Waals surface area contributed by atoms with E-state index in [0.29, 0.717) is 12.8 Å². The van der Waals surface area contributed by atoms with Crippen LogP contribution in [-0.4, -0.2) is 11.6 Å². The summed E-state index contributed by atoms with van der Waals surface area (Å²) >= 11 is 0. The van der Waals surface area contributed by atoms with Gasteiger partial charge in [0.2, 0.25) is 0 Å². The molecule has 2 heteroatoms. The van der Waals surface area contributed by atoms with Crippen LogP contribution in [0.4, 0.5) is 0 Å². The maximum absolute atomic E-state index is 11.9. The second-order valence-electron chi connectivity index (χ2n) is 4.85. The molecule has 1 unspecified atom stereocenters. The van der Waals surface area contributed by atoms with Gasteiger partial charge >= 0.3 is 0 Å². The first-order chi connectivity index (χ1) is 8.11. The van der Waals surface area contributed by atoms with Gasteiger partial charge in [-0.05, 0) is 30.0 Å². The minimum absolute atomic E-state index is 0.123. The van der Waals surface area contributed by atoms with Gasteiger partial charge in [-0.2, -0.15) is 0 Å². The zero-order chi connectivity index (χ0) is 12.4. The van der Waals surface area contributed by atoms with Gasteiger partial charge in [0.25, 0.3) is 0 Å². The highest BCUT2D eigenvalue weighted by Gasteiger charge is 2.26. The fourth-order valence-electron chi connectivity index (χ4n) is 2.34. The van der Waals surface area contributed by atoms with Crippen LogP contribution >= 0.6 is 0 Å². The Labute approximate surface area is 102 Å². The lowest BCUT2D eigenvalue weighted by atomic mass is 10.0. The van der Waals surface area contributed by atoms with Crippen LogP contribution in [0.3, 0.4) is 0 Å². The highest BCUT2D eigenvalue weighted by molar-refractivity contribution is 6.02. The predicted octanol–water partition coefficient (Wildman–Crippen LogP) is 2.97. The number of carbonyl (C=O) groups is 2. The first-order valence-corrected chi connectivity index (χ1v) is 6.29. The molecule has 1 aromatic rings. The molecule has 0 aromatic heterocycles. The van der Waals surface area contributed by atoms with Crippen molar-refractivity contribution in [1.82, 2.24) is 0 Å². The molecule has 0 radical (unpaired) electrons. The van der Waals surface area contributed by atoms with Gasteiger partial charge in [-0.3, -0.25) is 9.59 Å². The Bertz CT molecular complexity index is 460. The third-order valence-electron chi connectivity index (χ3n) is 3.50. The largest absolute Gasteiger partial charge is 0.300 e. The highest BCUT2D eigenvalue weighted by atomic mass is 16.1. The number of fused-ring (bicyclic) bond motifs is 1. The molecule has 1 aliphatic carbocycles. The number of carbonyl (C=O) groups excluding carboxylic acids is 2. The quantitative estimate of drug-likeness (QED) is 0.797. The van der Waals surface area contributed by atoms with Crippen LogP contribution in [0.2, 0.25) is 0 Å². The first-order valence-electron chi connectivity index (χ1n) is 6.29. The van der Waals surface area contributed by atoms with E-state index in [1.54, 1.807) is 0 Å². The zero-order valence-corrected chi connectivity index (χ0v) is 10.5. The Kier molecular flexibility index (Phi) is 3.41. The van der Waals surface area contributed by atoms with Crippen LogP contribution in [0.15, 0.2) is 18.2 Å². The van der Waals surface area contributed by atoms with Gasteiger partial charge in [-0.15, -0.1) is 0 Å². The molecular weight excluding hydrogens is 212 g/mol. The Hall–Kier alpha value is -1.44. The molecule has 1 atom stereocenters. The molecule has 90 valence electrons. The molecule has 0 amide bonds. The van der Waals surface area contributed by atoms with Crippen molar-refractivity contribution >= 4 is 11.6 Å². The molecule has 1 aromatic carbocycles. The van der Waals surface area contributed by atoms with Gasteiger partial charge in [0.05, 0.1) is 0 Å². The smallest absolute Gasteiger partial charge is 0.166 e. The van der Waals surface area contributed by atoms with Crippen LogP contribution in [0, 0.1) is 5.92 Å². The molecule has 0 aliphatic heterocycles. The van der Waals surface area contributed by atoms with Gasteiger partial charge in [0.15, 0.2) is 5.78 Å². The van der Waals surface area contributed by atoms with Crippen LogP contribution in [0.1, 0.15) is 48.2 Å². The topological polar surface area (TPSA) is 34.1 Å². The summed E-state index contributed by atoms with van der Waals surface area (Å²) in [5.74, 6) is 0.659. The fraction of sp³-hybridized carbons (Fsp3) is 0.467. The highest BCUT2D eigenvalue weighted by Crippen LogP contribution is 2.27. The Morgan fingerprint density at radius 3 is 2.88 bits per heavy atom. The normalized spacial score (nSPS) is 18.2. The summed E-state index contributed by atoms with van der Waals surface area (Å²) in [6, 6.07) is 6.07. The lowest BCUT2D eigenvalue weighted by Gasteiger charge is -2.03. The van der Waals surface area contributed by atoms with E-state index in [0.717, 1.165) is 29.5 Å². The molecule has 2 rings (SSSR count). The van der Waals surface area contributed by atoms with Crippen molar-refractivity contribution in [3.05, 3.63) is 34.9 Å². The van der Waals surface area contributed by atoms with Crippen molar-refractivity contribution in [2.45, 2.75) is 39.5 Å². The van der Waals surface area contributed by atoms with E-state index >= 15 is 0 Å². The van der Waals surface area contributed by atoms with Gasteiger partial charge < -0.3 is 0 Å². The molecule has 0 heterocycles. The maximum atomic E-state index is 11.9. The minimum atomic E-state index is 0.123. The third-order valence-corrected chi connectivity index (χ3v) is 3.50. The molecular formula is C15H18O2. The summed E-state index contributed by atoms with van der Waals surface area (Å²) in [5.41, 5.74) is 3.14. The van der Waals surface area contributed by atoms with Gasteiger partial charge in [0.1, 0.15) is 5.78 Å². The first kappa shape index (κ1) is 12.0. The van der Waals surface area contributed by atoms with Crippen LogP contribution < -0.4 is 0 Å². The minimum Gasteiger partial charge on any atom is -0.300 e.